The van der Waals surface area contributed by atoms with Crippen molar-refractivity contribution < 1.29 is 4.39 Å². The van der Waals surface area contributed by atoms with Crippen LogP contribution in [0, 0.1) is 5.82 Å². The molecule has 4 aromatic rings. The molecule has 3 nitrogen and oxygen atoms in total. The Morgan fingerprint density at radius 1 is 0.923 bits per heavy atom. The molecule has 0 unspecified atom stereocenters. The molecule has 0 radical (unpaired) electrons. The lowest BCUT2D eigenvalue weighted by Gasteiger charge is -2.10. The van der Waals surface area contributed by atoms with Gasteiger partial charge in [-0.3, -0.25) is 4.79 Å². The van der Waals surface area contributed by atoms with Gasteiger partial charge in [0.15, 0.2) is 0 Å². The van der Waals surface area contributed by atoms with Crippen LogP contribution in [-0.2, 0) is 6.54 Å². The fourth-order valence-electron chi connectivity index (χ4n) is 2.90. The van der Waals surface area contributed by atoms with Gasteiger partial charge < -0.3 is 0 Å². The van der Waals surface area contributed by atoms with Crippen molar-refractivity contribution in [3.05, 3.63) is 99.6 Å². The molecule has 128 valence electrons. The number of halogens is 2. The summed E-state index contributed by atoms with van der Waals surface area (Å²) in [7, 11) is 0. The van der Waals surface area contributed by atoms with Crippen LogP contribution in [0.3, 0.4) is 0 Å². The van der Waals surface area contributed by atoms with Gasteiger partial charge in [0.25, 0.3) is 5.56 Å². The normalized spacial score (nSPS) is 11.0. The summed E-state index contributed by atoms with van der Waals surface area (Å²) in [6.07, 6.45) is 0. The molecule has 0 bridgehead atoms. The molecule has 4 rings (SSSR count). The first-order valence-electron chi connectivity index (χ1n) is 8.12. The molecule has 0 aliphatic heterocycles. The highest BCUT2D eigenvalue weighted by atomic mass is 35.5. The van der Waals surface area contributed by atoms with E-state index < -0.39 is 5.82 Å². The van der Waals surface area contributed by atoms with E-state index in [0.29, 0.717) is 5.69 Å². The van der Waals surface area contributed by atoms with Crippen molar-refractivity contribution in [2.24, 2.45) is 0 Å². The molecule has 0 fully saturated rings. The van der Waals surface area contributed by atoms with E-state index in [1.165, 1.54) is 22.9 Å². The van der Waals surface area contributed by atoms with E-state index in [9.17, 15) is 9.18 Å². The van der Waals surface area contributed by atoms with Gasteiger partial charge >= 0.3 is 0 Å². The van der Waals surface area contributed by atoms with E-state index in [4.69, 9.17) is 11.6 Å². The molecule has 0 aliphatic rings. The molecule has 0 aliphatic carbocycles. The van der Waals surface area contributed by atoms with Gasteiger partial charge in [-0.05, 0) is 35.0 Å². The van der Waals surface area contributed by atoms with Crippen LogP contribution in [0.4, 0.5) is 4.39 Å². The second-order valence-electron chi connectivity index (χ2n) is 5.98. The maximum Gasteiger partial charge on any atom is 0.267 e. The summed E-state index contributed by atoms with van der Waals surface area (Å²) in [6.45, 7) is -0.0221. The predicted molar refractivity (Wildman–Crippen MR) is 102 cm³/mol. The molecule has 0 amide bonds. The van der Waals surface area contributed by atoms with E-state index in [1.54, 1.807) is 12.1 Å². The molecular formula is C21H14ClFN2O. The first-order chi connectivity index (χ1) is 12.6. The molecule has 0 saturated heterocycles. The standard InChI is InChI=1S/C21H14ClFN2O/c22-18-6-3-7-19(23)17(18)13-25-21(26)11-10-20(24-25)16-9-8-14-4-1-2-5-15(14)12-16/h1-12H,13H2. The number of rotatable bonds is 3. The van der Waals surface area contributed by atoms with E-state index in [0.717, 1.165) is 16.3 Å². The van der Waals surface area contributed by atoms with Crippen LogP contribution >= 0.6 is 11.6 Å². The Labute approximate surface area is 154 Å². The summed E-state index contributed by atoms with van der Waals surface area (Å²) < 4.78 is 15.3. The number of hydrogen-bond donors (Lipinski definition) is 0. The Bertz CT molecular complexity index is 1150. The van der Waals surface area contributed by atoms with Crippen LogP contribution < -0.4 is 5.56 Å². The van der Waals surface area contributed by atoms with Gasteiger partial charge in [-0.1, -0.05) is 54.1 Å². The number of nitrogens with zero attached hydrogens (tertiary/aromatic N) is 2. The maximum atomic E-state index is 14.0. The zero-order valence-electron chi connectivity index (χ0n) is 13.7. The molecular weight excluding hydrogens is 351 g/mol. The summed E-state index contributed by atoms with van der Waals surface area (Å²) in [5.41, 5.74) is 1.47. The SMILES string of the molecule is O=c1ccc(-c2ccc3ccccc3c2)nn1Cc1c(F)cccc1Cl. The summed E-state index contributed by atoms with van der Waals surface area (Å²) in [5.74, 6) is -0.456. The van der Waals surface area contributed by atoms with Gasteiger partial charge in [0.05, 0.1) is 12.2 Å². The van der Waals surface area contributed by atoms with Crippen molar-refractivity contribution in [1.82, 2.24) is 9.78 Å². The minimum atomic E-state index is -0.456. The first-order valence-corrected chi connectivity index (χ1v) is 8.50. The Hall–Kier alpha value is -2.98. The highest BCUT2D eigenvalue weighted by Gasteiger charge is 2.11. The van der Waals surface area contributed by atoms with Gasteiger partial charge in [-0.15, -0.1) is 0 Å². The summed E-state index contributed by atoms with van der Waals surface area (Å²) in [5, 5.41) is 6.89. The van der Waals surface area contributed by atoms with Crippen molar-refractivity contribution in [3.63, 3.8) is 0 Å². The molecule has 0 spiro atoms. The van der Waals surface area contributed by atoms with Crippen molar-refractivity contribution >= 4 is 22.4 Å². The quantitative estimate of drug-likeness (QED) is 0.518. The molecule has 1 heterocycles. The van der Waals surface area contributed by atoms with Crippen LogP contribution in [0.15, 0.2) is 77.6 Å². The lowest BCUT2D eigenvalue weighted by Crippen LogP contribution is -2.23. The van der Waals surface area contributed by atoms with Crippen LogP contribution in [0.2, 0.25) is 5.02 Å². The zero-order chi connectivity index (χ0) is 18.1. The molecule has 1 aromatic heterocycles. The van der Waals surface area contributed by atoms with Crippen molar-refractivity contribution in [2.75, 3.05) is 0 Å². The summed E-state index contributed by atoms with van der Waals surface area (Å²) in [6, 6.07) is 21.5. The van der Waals surface area contributed by atoms with Gasteiger partial charge in [0.1, 0.15) is 5.82 Å². The molecule has 3 aromatic carbocycles. The average molecular weight is 365 g/mol. The molecule has 26 heavy (non-hydrogen) atoms. The number of aromatic nitrogens is 2. The smallest absolute Gasteiger partial charge is 0.267 e. The fourth-order valence-corrected chi connectivity index (χ4v) is 3.12. The Morgan fingerprint density at radius 2 is 1.73 bits per heavy atom. The first kappa shape index (κ1) is 16.5. The third-order valence-electron chi connectivity index (χ3n) is 4.28. The Kier molecular flexibility index (Phi) is 4.27. The lowest BCUT2D eigenvalue weighted by atomic mass is 10.1. The molecule has 0 atom stereocenters. The maximum absolute atomic E-state index is 14.0. The Balaban J connectivity index is 1.77. The number of hydrogen-bond acceptors (Lipinski definition) is 2. The fraction of sp³-hybridized carbons (Fsp3) is 0.0476. The zero-order valence-corrected chi connectivity index (χ0v) is 14.4. The molecule has 0 N–H and O–H groups in total. The molecule has 5 heteroatoms. The monoisotopic (exact) mass is 364 g/mol. The number of fused-ring (bicyclic) bond motifs is 1. The minimum absolute atomic E-state index is 0.0221. The van der Waals surface area contributed by atoms with Gasteiger partial charge in [0.2, 0.25) is 0 Å². The van der Waals surface area contributed by atoms with E-state index in [2.05, 4.69) is 5.10 Å². The molecule has 0 saturated carbocycles. The van der Waals surface area contributed by atoms with Crippen LogP contribution in [-0.4, -0.2) is 9.78 Å². The Morgan fingerprint density at radius 3 is 2.54 bits per heavy atom. The highest BCUT2D eigenvalue weighted by Crippen LogP contribution is 2.23. The highest BCUT2D eigenvalue weighted by molar-refractivity contribution is 6.31. The summed E-state index contributed by atoms with van der Waals surface area (Å²) in [4.78, 5) is 12.2. The predicted octanol–water partition coefficient (Wildman–Crippen LogP) is 4.90. The van der Waals surface area contributed by atoms with Gasteiger partial charge in [-0.2, -0.15) is 5.10 Å². The van der Waals surface area contributed by atoms with E-state index >= 15 is 0 Å². The third kappa shape index (κ3) is 3.11. The second kappa shape index (κ2) is 6.73. The van der Waals surface area contributed by atoms with Gasteiger partial charge in [0, 0.05) is 22.2 Å². The number of benzene rings is 3. The van der Waals surface area contributed by atoms with E-state index in [1.807, 2.05) is 42.5 Å². The average Bonchev–Trinajstić information content (AvgIpc) is 2.66. The van der Waals surface area contributed by atoms with E-state index in [-0.39, 0.29) is 22.7 Å². The van der Waals surface area contributed by atoms with Gasteiger partial charge in [-0.25, -0.2) is 9.07 Å². The van der Waals surface area contributed by atoms with Crippen molar-refractivity contribution in [2.45, 2.75) is 6.54 Å². The van der Waals surface area contributed by atoms with Crippen LogP contribution in [0.1, 0.15) is 5.56 Å². The second-order valence-corrected chi connectivity index (χ2v) is 6.38. The van der Waals surface area contributed by atoms with Crippen molar-refractivity contribution in [1.29, 1.82) is 0 Å². The topological polar surface area (TPSA) is 34.9 Å². The summed E-state index contributed by atoms with van der Waals surface area (Å²) >= 11 is 6.07. The minimum Gasteiger partial charge on any atom is -0.268 e. The lowest BCUT2D eigenvalue weighted by molar-refractivity contribution is 0.573. The third-order valence-corrected chi connectivity index (χ3v) is 4.64. The van der Waals surface area contributed by atoms with Crippen LogP contribution in [0.5, 0.6) is 0 Å². The van der Waals surface area contributed by atoms with Crippen molar-refractivity contribution in [3.8, 4) is 11.3 Å². The largest absolute Gasteiger partial charge is 0.268 e. The van der Waals surface area contributed by atoms with Crippen LogP contribution in [0.25, 0.3) is 22.0 Å².